The van der Waals surface area contributed by atoms with E-state index in [2.05, 4.69) is 11.5 Å². The maximum Gasteiger partial charge on any atom is 0.128 e. The molecule has 0 fully saturated rings. The number of rotatable bonds is 3. The third kappa shape index (κ3) is 2.73. The fourth-order valence-electron chi connectivity index (χ4n) is 2.39. The number of allylic oxidation sites excluding steroid dienone is 1. The van der Waals surface area contributed by atoms with E-state index in [1.807, 2.05) is 19.1 Å². The zero-order valence-corrected chi connectivity index (χ0v) is 10.2. The van der Waals surface area contributed by atoms with Crippen LogP contribution >= 0.6 is 0 Å². The molecule has 1 atom stereocenters. The Kier molecular flexibility index (Phi) is 3.92. The zero-order valence-electron chi connectivity index (χ0n) is 10.2. The van der Waals surface area contributed by atoms with Crippen molar-refractivity contribution in [1.29, 1.82) is 0 Å². The Morgan fingerprint density at radius 3 is 2.76 bits per heavy atom. The van der Waals surface area contributed by atoms with Crippen molar-refractivity contribution in [3.63, 3.8) is 0 Å². The zero-order chi connectivity index (χ0) is 12.3. The molecule has 0 bridgehead atoms. The van der Waals surface area contributed by atoms with Crippen LogP contribution in [0.3, 0.4) is 0 Å². The predicted octanol–water partition coefficient (Wildman–Crippen LogP) is 3.14. The van der Waals surface area contributed by atoms with Gasteiger partial charge in [-0.25, -0.2) is 9.82 Å². The number of halogens is 1. The van der Waals surface area contributed by atoms with Crippen molar-refractivity contribution in [3.8, 4) is 0 Å². The van der Waals surface area contributed by atoms with E-state index >= 15 is 0 Å². The van der Waals surface area contributed by atoms with Gasteiger partial charge < -0.3 is 0 Å². The van der Waals surface area contributed by atoms with Gasteiger partial charge in [0.05, 0.1) is 6.04 Å². The normalized spacial score (nSPS) is 17.7. The van der Waals surface area contributed by atoms with Crippen LogP contribution in [0.1, 0.15) is 42.9 Å². The Bertz CT molecular complexity index is 426. The number of hydrogen-bond donors (Lipinski definition) is 2. The van der Waals surface area contributed by atoms with E-state index in [-0.39, 0.29) is 11.9 Å². The van der Waals surface area contributed by atoms with Gasteiger partial charge in [0.25, 0.3) is 0 Å². The molecule has 0 aromatic heterocycles. The summed E-state index contributed by atoms with van der Waals surface area (Å²) in [6.07, 6.45) is 6.64. The SMILES string of the molecule is Cc1ccc(C(NN)C2=CCCCC2)c(F)c1. The summed E-state index contributed by atoms with van der Waals surface area (Å²) in [7, 11) is 0. The first kappa shape index (κ1) is 12.3. The molecule has 3 N–H and O–H groups in total. The Labute approximate surface area is 102 Å². The van der Waals surface area contributed by atoms with Crippen LogP contribution < -0.4 is 11.3 Å². The van der Waals surface area contributed by atoms with E-state index < -0.39 is 0 Å². The summed E-state index contributed by atoms with van der Waals surface area (Å²) in [6.45, 7) is 1.89. The van der Waals surface area contributed by atoms with Crippen LogP contribution in [0.5, 0.6) is 0 Å². The van der Waals surface area contributed by atoms with Crippen molar-refractivity contribution in [2.24, 2.45) is 5.84 Å². The van der Waals surface area contributed by atoms with Crippen LogP contribution in [0.15, 0.2) is 29.8 Å². The van der Waals surface area contributed by atoms with Gasteiger partial charge in [-0.05, 0) is 44.2 Å². The molecule has 17 heavy (non-hydrogen) atoms. The molecule has 1 aliphatic carbocycles. The highest BCUT2D eigenvalue weighted by molar-refractivity contribution is 5.32. The summed E-state index contributed by atoms with van der Waals surface area (Å²) in [6, 6.07) is 5.12. The van der Waals surface area contributed by atoms with Gasteiger partial charge in [0.2, 0.25) is 0 Å². The minimum Gasteiger partial charge on any atom is -0.271 e. The lowest BCUT2D eigenvalue weighted by atomic mass is 9.89. The van der Waals surface area contributed by atoms with Crippen LogP contribution in [0.25, 0.3) is 0 Å². The van der Waals surface area contributed by atoms with Crippen LogP contribution in [-0.4, -0.2) is 0 Å². The average Bonchev–Trinajstić information content (AvgIpc) is 2.34. The van der Waals surface area contributed by atoms with Crippen molar-refractivity contribution in [3.05, 3.63) is 46.8 Å². The second-order valence-corrected chi connectivity index (χ2v) is 4.65. The van der Waals surface area contributed by atoms with Crippen molar-refractivity contribution in [2.75, 3.05) is 0 Å². The van der Waals surface area contributed by atoms with Crippen molar-refractivity contribution < 1.29 is 4.39 Å². The smallest absolute Gasteiger partial charge is 0.128 e. The lowest BCUT2D eigenvalue weighted by Crippen LogP contribution is -2.30. The van der Waals surface area contributed by atoms with E-state index in [0.29, 0.717) is 5.56 Å². The summed E-state index contributed by atoms with van der Waals surface area (Å²) in [5, 5.41) is 0. The highest BCUT2D eigenvalue weighted by atomic mass is 19.1. The van der Waals surface area contributed by atoms with Crippen LogP contribution in [0, 0.1) is 12.7 Å². The molecule has 0 amide bonds. The fraction of sp³-hybridized carbons (Fsp3) is 0.429. The molecule has 3 heteroatoms. The minimum absolute atomic E-state index is 0.181. The lowest BCUT2D eigenvalue weighted by molar-refractivity contribution is 0.527. The highest BCUT2D eigenvalue weighted by Crippen LogP contribution is 2.30. The molecule has 0 saturated carbocycles. The van der Waals surface area contributed by atoms with Gasteiger partial charge in [-0.3, -0.25) is 5.84 Å². The van der Waals surface area contributed by atoms with Gasteiger partial charge in [-0.2, -0.15) is 0 Å². The van der Waals surface area contributed by atoms with Gasteiger partial charge >= 0.3 is 0 Å². The molecule has 0 saturated heterocycles. The molecule has 0 spiro atoms. The van der Waals surface area contributed by atoms with Gasteiger partial charge in [0, 0.05) is 5.56 Å². The second-order valence-electron chi connectivity index (χ2n) is 4.65. The van der Waals surface area contributed by atoms with Crippen molar-refractivity contribution in [2.45, 2.75) is 38.6 Å². The van der Waals surface area contributed by atoms with Gasteiger partial charge in [-0.15, -0.1) is 0 Å². The lowest BCUT2D eigenvalue weighted by Gasteiger charge is -2.23. The van der Waals surface area contributed by atoms with Gasteiger partial charge in [-0.1, -0.05) is 23.8 Å². The molecule has 0 heterocycles. The predicted molar refractivity (Wildman–Crippen MR) is 67.8 cm³/mol. The Hall–Kier alpha value is -1.19. The topological polar surface area (TPSA) is 38.0 Å². The summed E-state index contributed by atoms with van der Waals surface area (Å²) < 4.78 is 13.9. The van der Waals surface area contributed by atoms with Crippen LogP contribution in [0.4, 0.5) is 4.39 Å². The first-order valence-corrected chi connectivity index (χ1v) is 6.13. The Balaban J connectivity index is 2.31. The largest absolute Gasteiger partial charge is 0.271 e. The molecule has 0 aliphatic heterocycles. The van der Waals surface area contributed by atoms with E-state index in [1.165, 1.54) is 12.0 Å². The van der Waals surface area contributed by atoms with Crippen molar-refractivity contribution >= 4 is 0 Å². The molecule has 1 aromatic rings. The summed E-state index contributed by atoms with van der Waals surface area (Å²) in [5.41, 5.74) is 5.52. The third-order valence-electron chi connectivity index (χ3n) is 3.33. The minimum atomic E-state index is -0.184. The first-order valence-electron chi connectivity index (χ1n) is 6.13. The maximum absolute atomic E-state index is 13.9. The number of hydrazine groups is 1. The molecule has 1 aromatic carbocycles. The van der Waals surface area contributed by atoms with E-state index in [1.54, 1.807) is 6.07 Å². The molecular formula is C14H19FN2. The summed E-state index contributed by atoms with van der Waals surface area (Å²) >= 11 is 0. The highest BCUT2D eigenvalue weighted by Gasteiger charge is 2.19. The third-order valence-corrected chi connectivity index (χ3v) is 3.33. The molecule has 1 aliphatic rings. The molecule has 2 nitrogen and oxygen atoms in total. The molecule has 0 radical (unpaired) electrons. The van der Waals surface area contributed by atoms with E-state index in [4.69, 9.17) is 5.84 Å². The quantitative estimate of drug-likeness (QED) is 0.479. The monoisotopic (exact) mass is 234 g/mol. The van der Waals surface area contributed by atoms with Crippen LogP contribution in [0.2, 0.25) is 0 Å². The first-order chi connectivity index (χ1) is 8.22. The number of aryl methyl sites for hydroxylation is 1. The average molecular weight is 234 g/mol. The van der Waals surface area contributed by atoms with Crippen LogP contribution in [-0.2, 0) is 0 Å². The number of hydrogen-bond acceptors (Lipinski definition) is 2. The van der Waals surface area contributed by atoms with Gasteiger partial charge in [0.1, 0.15) is 5.82 Å². The summed E-state index contributed by atoms with van der Waals surface area (Å²) in [5.74, 6) is 5.40. The van der Waals surface area contributed by atoms with Crippen molar-refractivity contribution in [1.82, 2.24) is 5.43 Å². The van der Waals surface area contributed by atoms with E-state index in [0.717, 1.165) is 24.8 Å². The molecular weight excluding hydrogens is 215 g/mol. The maximum atomic E-state index is 13.9. The molecule has 1 unspecified atom stereocenters. The van der Waals surface area contributed by atoms with Gasteiger partial charge in [0.15, 0.2) is 0 Å². The summed E-state index contributed by atoms with van der Waals surface area (Å²) in [4.78, 5) is 0. The fourth-order valence-corrected chi connectivity index (χ4v) is 2.39. The standard InChI is InChI=1S/C14H19FN2/c1-10-7-8-12(13(15)9-10)14(17-16)11-5-3-2-4-6-11/h5,7-9,14,17H,2-4,6,16H2,1H3. The van der Waals surface area contributed by atoms with E-state index in [9.17, 15) is 4.39 Å². The molecule has 92 valence electrons. The number of benzene rings is 1. The Morgan fingerprint density at radius 1 is 1.35 bits per heavy atom. The molecule has 2 rings (SSSR count). The number of nitrogens with two attached hydrogens (primary N) is 1. The number of nitrogens with one attached hydrogen (secondary N) is 1. The Morgan fingerprint density at radius 2 is 2.18 bits per heavy atom. The second kappa shape index (κ2) is 5.43.